The monoisotopic (exact) mass is 422 g/mol. The highest BCUT2D eigenvalue weighted by Crippen LogP contribution is 2.26. The highest BCUT2D eigenvalue weighted by Gasteiger charge is 2.25. The maximum Gasteiger partial charge on any atom is 0.303 e. The van der Waals surface area contributed by atoms with Crippen molar-refractivity contribution < 1.29 is 9.53 Å². The molecule has 0 aromatic carbocycles. The van der Waals surface area contributed by atoms with Gasteiger partial charge in [-0.15, -0.1) is 0 Å². The molecule has 0 heterocycles. The molecule has 0 fully saturated rings. The van der Waals surface area contributed by atoms with E-state index in [1.807, 2.05) is 6.08 Å². The first-order valence-corrected chi connectivity index (χ1v) is 6.97. The van der Waals surface area contributed by atoms with Crippen LogP contribution in [0.2, 0.25) is 0 Å². The molecular weight excluding hydrogens is 406 g/mol. The third-order valence-electron chi connectivity index (χ3n) is 1.61. The molecule has 0 radical (unpaired) electrons. The first kappa shape index (κ1) is 14.7. The second-order valence-electron chi connectivity index (χ2n) is 4.14. The summed E-state index contributed by atoms with van der Waals surface area (Å²) < 4.78 is 7.43. The number of carbonyl (C=O) groups excluding carboxylic acids is 1. The number of carbonyl (C=O) groups is 1. The van der Waals surface area contributed by atoms with E-state index >= 15 is 0 Å². The molecule has 0 aromatic heterocycles. The molecule has 0 N–H and O–H groups in total. The molecule has 0 aromatic rings. The normalized spacial score (nSPS) is 15.1. The number of halogens is 2. The Morgan fingerprint density at radius 1 is 1.50 bits per heavy atom. The van der Waals surface area contributed by atoms with Crippen LogP contribution in [0.5, 0.6) is 0 Å². The van der Waals surface area contributed by atoms with E-state index in [0.717, 1.165) is 4.43 Å². The minimum atomic E-state index is -0.223. The van der Waals surface area contributed by atoms with E-state index < -0.39 is 0 Å². The number of esters is 1. The van der Waals surface area contributed by atoms with Crippen LogP contribution in [0.1, 0.15) is 27.7 Å². The fourth-order valence-electron chi connectivity index (χ4n) is 0.848. The first-order valence-electron chi connectivity index (χ1n) is 4.36. The second-order valence-corrected chi connectivity index (χ2v) is 6.29. The molecule has 82 valence electrons. The molecule has 0 amide bonds. The largest absolute Gasteiger partial charge is 0.458 e. The van der Waals surface area contributed by atoms with Crippen molar-refractivity contribution in [1.82, 2.24) is 0 Å². The van der Waals surface area contributed by atoms with Crippen molar-refractivity contribution in [1.29, 1.82) is 0 Å². The van der Waals surface area contributed by atoms with Crippen molar-refractivity contribution in [3.05, 3.63) is 9.66 Å². The molecular formula is C10H16I2O2. The average molecular weight is 422 g/mol. The van der Waals surface area contributed by atoms with Crippen molar-refractivity contribution >= 4 is 51.2 Å². The average Bonchev–Trinajstić information content (AvgIpc) is 2.00. The van der Waals surface area contributed by atoms with Crippen LogP contribution in [-0.4, -0.2) is 16.5 Å². The predicted molar refractivity (Wildman–Crippen MR) is 76.0 cm³/mol. The van der Waals surface area contributed by atoms with E-state index in [1.165, 1.54) is 10.5 Å². The van der Waals surface area contributed by atoms with Gasteiger partial charge in [-0.25, -0.2) is 0 Å². The Bertz CT molecular complexity index is 229. The molecule has 4 heteroatoms. The number of allylic oxidation sites excluding steroid dienone is 1. The van der Waals surface area contributed by atoms with E-state index in [0.29, 0.717) is 0 Å². The van der Waals surface area contributed by atoms with Crippen LogP contribution in [0.25, 0.3) is 0 Å². The summed E-state index contributed by atoms with van der Waals surface area (Å²) in [5.41, 5.74) is -0.0477. The Morgan fingerprint density at radius 3 is 2.29 bits per heavy atom. The minimum Gasteiger partial charge on any atom is -0.458 e. The van der Waals surface area contributed by atoms with Gasteiger partial charge in [-0.2, -0.15) is 0 Å². The second kappa shape index (κ2) is 6.30. The molecule has 0 saturated carbocycles. The van der Waals surface area contributed by atoms with Gasteiger partial charge in [0.2, 0.25) is 0 Å². The smallest absolute Gasteiger partial charge is 0.303 e. The zero-order valence-electron chi connectivity index (χ0n) is 8.93. The van der Waals surface area contributed by atoms with Crippen molar-refractivity contribution in [2.45, 2.75) is 33.8 Å². The molecule has 0 aliphatic heterocycles. The molecule has 2 nitrogen and oxygen atoms in total. The predicted octanol–water partition coefficient (Wildman–Crippen LogP) is 3.72. The summed E-state index contributed by atoms with van der Waals surface area (Å²) in [5, 5.41) is 0. The van der Waals surface area contributed by atoms with Gasteiger partial charge in [0.15, 0.2) is 0 Å². The fourth-order valence-corrected chi connectivity index (χ4v) is 1.43. The Hall–Kier alpha value is 0.670. The number of alkyl halides is 1. The van der Waals surface area contributed by atoms with Crippen LogP contribution < -0.4 is 0 Å². The van der Waals surface area contributed by atoms with Crippen molar-refractivity contribution in [2.75, 3.05) is 4.43 Å². The lowest BCUT2D eigenvalue weighted by molar-refractivity contribution is -0.148. The van der Waals surface area contributed by atoms with E-state index in [-0.39, 0.29) is 17.5 Å². The number of hydrogen-bond acceptors (Lipinski definition) is 2. The lowest BCUT2D eigenvalue weighted by Crippen LogP contribution is -2.29. The third-order valence-corrected chi connectivity index (χ3v) is 4.63. The van der Waals surface area contributed by atoms with Gasteiger partial charge in [-0.3, -0.25) is 4.79 Å². The first-order chi connectivity index (χ1) is 6.27. The van der Waals surface area contributed by atoms with Crippen LogP contribution in [0, 0.1) is 5.41 Å². The van der Waals surface area contributed by atoms with E-state index in [9.17, 15) is 4.79 Å². The zero-order chi connectivity index (χ0) is 11.4. The maximum absolute atomic E-state index is 10.9. The van der Waals surface area contributed by atoms with Crippen LogP contribution in [0.15, 0.2) is 9.66 Å². The molecule has 0 saturated heterocycles. The van der Waals surface area contributed by atoms with Gasteiger partial charge >= 0.3 is 5.97 Å². The highest BCUT2D eigenvalue weighted by molar-refractivity contribution is 14.1. The summed E-state index contributed by atoms with van der Waals surface area (Å²) in [6, 6.07) is 0. The van der Waals surface area contributed by atoms with Crippen LogP contribution in [0.3, 0.4) is 0 Å². The van der Waals surface area contributed by atoms with Gasteiger partial charge in [-0.1, -0.05) is 43.4 Å². The minimum absolute atomic E-state index is 0.0477. The Morgan fingerprint density at radius 2 is 2.00 bits per heavy atom. The molecule has 1 unspecified atom stereocenters. The van der Waals surface area contributed by atoms with Gasteiger partial charge in [0, 0.05) is 20.3 Å². The maximum atomic E-state index is 10.9. The molecule has 0 aliphatic rings. The summed E-state index contributed by atoms with van der Waals surface area (Å²) in [6.07, 6.45) is 1.88. The number of ether oxygens (including phenoxy) is 1. The van der Waals surface area contributed by atoms with Crippen molar-refractivity contribution in [3.8, 4) is 0 Å². The molecule has 0 spiro atoms. The van der Waals surface area contributed by atoms with Crippen molar-refractivity contribution in [2.24, 2.45) is 5.41 Å². The van der Waals surface area contributed by atoms with Crippen LogP contribution >= 0.6 is 45.2 Å². The standard InChI is InChI=1S/C10H16I2O2/c1-7(13)14-9(10(2,3)4)5-8(12)6-11/h5,9H,6H2,1-4H3/b8-5-. The Balaban J connectivity index is 4.65. The Labute approximate surface area is 113 Å². The fraction of sp³-hybridized carbons (Fsp3) is 0.700. The van der Waals surface area contributed by atoms with Gasteiger partial charge in [0.1, 0.15) is 6.10 Å². The summed E-state index contributed by atoms with van der Waals surface area (Å²) in [6.45, 7) is 7.64. The van der Waals surface area contributed by atoms with E-state index in [1.54, 1.807) is 0 Å². The van der Waals surface area contributed by atoms with Crippen LogP contribution in [-0.2, 0) is 9.53 Å². The summed E-state index contributed by atoms with van der Waals surface area (Å²) >= 11 is 4.56. The lowest BCUT2D eigenvalue weighted by Gasteiger charge is -2.27. The van der Waals surface area contributed by atoms with Crippen LogP contribution in [0.4, 0.5) is 0 Å². The highest BCUT2D eigenvalue weighted by atomic mass is 127. The SMILES string of the molecule is CC(=O)OC(/C=C(\I)CI)C(C)(C)C. The van der Waals surface area contributed by atoms with E-state index in [4.69, 9.17) is 4.74 Å². The summed E-state index contributed by atoms with van der Waals surface area (Å²) in [5.74, 6) is -0.223. The third kappa shape index (κ3) is 6.21. The topological polar surface area (TPSA) is 26.3 Å². The van der Waals surface area contributed by atoms with Gasteiger partial charge in [0.25, 0.3) is 0 Å². The molecule has 1 atom stereocenters. The van der Waals surface area contributed by atoms with Gasteiger partial charge in [0.05, 0.1) is 0 Å². The lowest BCUT2D eigenvalue weighted by atomic mass is 9.89. The molecule has 0 rings (SSSR count). The zero-order valence-corrected chi connectivity index (χ0v) is 13.2. The summed E-state index contributed by atoms with van der Waals surface area (Å²) in [7, 11) is 0. The molecule has 14 heavy (non-hydrogen) atoms. The van der Waals surface area contributed by atoms with E-state index in [2.05, 4.69) is 66.0 Å². The molecule has 0 bridgehead atoms. The van der Waals surface area contributed by atoms with Gasteiger partial charge in [-0.05, 0) is 28.7 Å². The summed E-state index contributed by atoms with van der Waals surface area (Å²) in [4.78, 5) is 10.9. The molecule has 0 aliphatic carbocycles. The van der Waals surface area contributed by atoms with Gasteiger partial charge < -0.3 is 4.74 Å². The van der Waals surface area contributed by atoms with Crippen molar-refractivity contribution in [3.63, 3.8) is 0 Å². The number of rotatable bonds is 3. The Kier molecular flexibility index (Phi) is 6.60. The number of hydrogen-bond donors (Lipinski definition) is 0. The quantitative estimate of drug-likeness (QED) is 0.394.